The molecule has 178 valence electrons. The zero-order chi connectivity index (χ0) is 24.1. The first-order valence-electron chi connectivity index (χ1n) is 11.1. The maximum atomic E-state index is 15.3. The zero-order valence-corrected chi connectivity index (χ0v) is 19.2. The van der Waals surface area contributed by atoms with Crippen LogP contribution in [0.2, 0.25) is 5.02 Å². The Bertz CT molecular complexity index is 1380. The minimum absolute atomic E-state index is 0.0226. The lowest BCUT2D eigenvalue weighted by atomic mass is 10.1. The van der Waals surface area contributed by atoms with Crippen molar-refractivity contribution in [3.05, 3.63) is 57.1 Å². The fourth-order valence-corrected chi connectivity index (χ4v) is 5.00. The van der Waals surface area contributed by atoms with Crippen LogP contribution in [0.4, 0.5) is 10.1 Å². The molecule has 1 aliphatic carbocycles. The molecule has 0 radical (unpaired) electrons. The number of carboxylic acid groups (broad SMARTS) is 1. The first kappa shape index (κ1) is 22.4. The number of hydrogen-bond acceptors (Lipinski definition) is 5. The Morgan fingerprint density at radius 1 is 1.29 bits per heavy atom. The van der Waals surface area contributed by atoms with E-state index < -0.39 is 22.8 Å². The number of aromatic carboxylic acids is 1. The van der Waals surface area contributed by atoms with E-state index in [4.69, 9.17) is 11.6 Å². The average molecular weight is 488 g/mol. The van der Waals surface area contributed by atoms with Gasteiger partial charge in [0.05, 0.1) is 33.6 Å². The Hall–Kier alpha value is -3.40. The van der Waals surface area contributed by atoms with Gasteiger partial charge >= 0.3 is 5.97 Å². The number of aromatic nitrogens is 3. The number of anilines is 1. The molecule has 1 aliphatic heterocycles. The summed E-state index contributed by atoms with van der Waals surface area (Å²) in [7, 11) is 0. The molecule has 1 saturated carbocycles. The second-order valence-electron chi connectivity index (χ2n) is 8.92. The largest absolute Gasteiger partial charge is 0.477 e. The third kappa shape index (κ3) is 4.02. The van der Waals surface area contributed by atoms with E-state index in [1.807, 2.05) is 6.92 Å². The number of imidazole rings is 1. The number of carbonyl (C=O) groups is 2. The summed E-state index contributed by atoms with van der Waals surface area (Å²) < 4.78 is 18.6. The number of rotatable bonds is 6. The lowest BCUT2D eigenvalue weighted by Crippen LogP contribution is -2.39. The molecule has 3 aromatic rings. The lowest BCUT2D eigenvalue weighted by molar-refractivity contribution is -0.122. The number of pyridine rings is 1. The number of benzene rings is 1. The van der Waals surface area contributed by atoms with Crippen molar-refractivity contribution in [1.82, 2.24) is 19.4 Å². The second-order valence-corrected chi connectivity index (χ2v) is 9.30. The van der Waals surface area contributed by atoms with Crippen LogP contribution in [0.3, 0.4) is 0 Å². The van der Waals surface area contributed by atoms with Crippen LogP contribution in [0.5, 0.6) is 0 Å². The summed E-state index contributed by atoms with van der Waals surface area (Å²) >= 11 is 6.68. The summed E-state index contributed by atoms with van der Waals surface area (Å²) in [5.41, 5.74) is 0.167. The van der Waals surface area contributed by atoms with E-state index in [0.29, 0.717) is 25.0 Å². The van der Waals surface area contributed by atoms with Gasteiger partial charge in [0.25, 0.3) is 0 Å². The van der Waals surface area contributed by atoms with Crippen molar-refractivity contribution in [2.45, 2.75) is 44.8 Å². The van der Waals surface area contributed by atoms with E-state index in [0.717, 1.165) is 24.6 Å². The van der Waals surface area contributed by atoms with Crippen LogP contribution in [0.15, 0.2) is 29.6 Å². The summed E-state index contributed by atoms with van der Waals surface area (Å²) in [6, 6.07) is 0.912. The molecule has 9 nitrogen and oxygen atoms in total. The summed E-state index contributed by atoms with van der Waals surface area (Å²) in [5, 5.41) is 12.4. The van der Waals surface area contributed by atoms with Gasteiger partial charge in [0, 0.05) is 37.6 Å². The molecule has 11 heteroatoms. The maximum absolute atomic E-state index is 15.3. The number of fused-ring (bicyclic) bond motifs is 1. The predicted octanol–water partition coefficient (Wildman–Crippen LogP) is 2.73. The average Bonchev–Trinajstić information content (AvgIpc) is 3.39. The van der Waals surface area contributed by atoms with Crippen LogP contribution in [-0.2, 0) is 11.3 Å². The summed E-state index contributed by atoms with van der Waals surface area (Å²) in [6.07, 6.45) is 6.94. The molecule has 2 N–H and O–H groups in total. The monoisotopic (exact) mass is 487 g/mol. The molecule has 2 aromatic heterocycles. The van der Waals surface area contributed by atoms with Crippen molar-refractivity contribution in [1.29, 1.82) is 0 Å². The van der Waals surface area contributed by atoms with Crippen molar-refractivity contribution >= 4 is 40.1 Å². The summed E-state index contributed by atoms with van der Waals surface area (Å²) in [4.78, 5) is 42.6. The molecule has 34 heavy (non-hydrogen) atoms. The van der Waals surface area contributed by atoms with E-state index >= 15 is 4.39 Å². The van der Waals surface area contributed by atoms with Gasteiger partial charge in [0.2, 0.25) is 11.3 Å². The van der Waals surface area contributed by atoms with Crippen LogP contribution in [0.1, 0.15) is 41.4 Å². The quantitative estimate of drug-likeness (QED) is 0.553. The molecule has 1 amide bonds. The van der Waals surface area contributed by atoms with E-state index in [1.54, 1.807) is 26.6 Å². The van der Waals surface area contributed by atoms with Crippen molar-refractivity contribution in [3.63, 3.8) is 0 Å². The number of halogens is 2. The molecule has 5 rings (SSSR count). The Morgan fingerprint density at radius 3 is 2.71 bits per heavy atom. The molecule has 0 spiro atoms. The van der Waals surface area contributed by atoms with Crippen molar-refractivity contribution in [2.75, 3.05) is 18.0 Å². The number of carbonyl (C=O) groups excluding carboxylic acids is 1. The number of nitrogens with one attached hydrogen (secondary N) is 1. The van der Waals surface area contributed by atoms with E-state index in [-0.39, 0.29) is 40.6 Å². The SMILES string of the molecule is Cc1cn(CC(=O)NC2CCN(c3c(F)cc4c(=O)c(C(=O)O)cn(C5CC5)c4c3Cl)C2)cn1. The van der Waals surface area contributed by atoms with Crippen LogP contribution in [-0.4, -0.2) is 50.2 Å². The van der Waals surface area contributed by atoms with Gasteiger partial charge < -0.3 is 24.5 Å². The Balaban J connectivity index is 1.43. The van der Waals surface area contributed by atoms with Gasteiger partial charge in [0.1, 0.15) is 17.9 Å². The standard InChI is InChI=1S/C23H23ClFN5O4/c1-12-7-28(11-26-12)10-18(31)27-13-4-5-29(8-13)21-17(25)6-15-20(19(21)24)30(14-2-3-14)9-16(22(15)32)23(33)34/h6-7,9,11,13-14H,2-5,8,10H2,1H3,(H,27,31)(H,33,34). The van der Waals surface area contributed by atoms with E-state index in [2.05, 4.69) is 10.3 Å². The Morgan fingerprint density at radius 2 is 2.06 bits per heavy atom. The van der Waals surface area contributed by atoms with Gasteiger partial charge in [-0.1, -0.05) is 11.6 Å². The number of carboxylic acids is 1. The molecule has 0 bridgehead atoms. The number of nitrogens with zero attached hydrogens (tertiary/aromatic N) is 4. The topological polar surface area (TPSA) is 109 Å². The Labute approximate surface area is 198 Å². The summed E-state index contributed by atoms with van der Waals surface area (Å²) in [6.45, 7) is 2.81. The number of hydrogen-bond donors (Lipinski definition) is 2. The fourth-order valence-electron chi connectivity index (χ4n) is 4.59. The van der Waals surface area contributed by atoms with Gasteiger partial charge in [0.15, 0.2) is 0 Å². The lowest BCUT2D eigenvalue weighted by Gasteiger charge is -2.23. The highest BCUT2D eigenvalue weighted by atomic mass is 35.5. The number of amides is 1. The van der Waals surface area contributed by atoms with Crippen LogP contribution >= 0.6 is 11.6 Å². The second kappa shape index (κ2) is 8.43. The first-order chi connectivity index (χ1) is 16.2. The van der Waals surface area contributed by atoms with Crippen LogP contribution in [0.25, 0.3) is 10.9 Å². The molecular formula is C23H23ClFN5O4. The van der Waals surface area contributed by atoms with E-state index in [9.17, 15) is 19.5 Å². The first-order valence-corrected chi connectivity index (χ1v) is 11.4. The highest BCUT2D eigenvalue weighted by molar-refractivity contribution is 6.38. The highest BCUT2D eigenvalue weighted by Crippen LogP contribution is 2.42. The third-order valence-corrected chi connectivity index (χ3v) is 6.67. The highest BCUT2D eigenvalue weighted by Gasteiger charge is 2.32. The van der Waals surface area contributed by atoms with Gasteiger partial charge in [-0.2, -0.15) is 0 Å². The minimum atomic E-state index is -1.36. The van der Waals surface area contributed by atoms with Gasteiger partial charge in [-0.25, -0.2) is 14.2 Å². The zero-order valence-electron chi connectivity index (χ0n) is 18.4. The van der Waals surface area contributed by atoms with E-state index in [1.165, 1.54) is 6.20 Å². The van der Waals surface area contributed by atoms with Gasteiger partial charge in [-0.3, -0.25) is 9.59 Å². The van der Waals surface area contributed by atoms with Crippen LogP contribution in [0, 0.1) is 12.7 Å². The fraction of sp³-hybridized carbons (Fsp3) is 0.391. The van der Waals surface area contributed by atoms with Gasteiger partial charge in [-0.05, 0) is 32.3 Å². The third-order valence-electron chi connectivity index (χ3n) is 6.31. The molecule has 2 fully saturated rings. The molecular weight excluding hydrogens is 465 g/mol. The van der Waals surface area contributed by atoms with Crippen molar-refractivity contribution in [3.8, 4) is 0 Å². The maximum Gasteiger partial charge on any atom is 0.341 e. The molecule has 1 saturated heterocycles. The molecule has 1 atom stereocenters. The van der Waals surface area contributed by atoms with Crippen molar-refractivity contribution in [2.24, 2.45) is 0 Å². The minimum Gasteiger partial charge on any atom is -0.477 e. The van der Waals surface area contributed by atoms with Crippen LogP contribution < -0.4 is 15.6 Å². The summed E-state index contributed by atoms with van der Waals surface area (Å²) in [5.74, 6) is -2.22. The predicted molar refractivity (Wildman–Crippen MR) is 124 cm³/mol. The van der Waals surface area contributed by atoms with Gasteiger partial charge in [-0.15, -0.1) is 0 Å². The Kier molecular flexibility index (Phi) is 5.55. The molecule has 1 aromatic carbocycles. The van der Waals surface area contributed by atoms with Crippen molar-refractivity contribution < 1.29 is 19.1 Å². The molecule has 3 heterocycles. The molecule has 1 unspecified atom stereocenters. The smallest absolute Gasteiger partial charge is 0.341 e. The normalized spacial score (nSPS) is 18.0. The number of aryl methyl sites for hydroxylation is 1. The molecule has 2 aliphatic rings.